The molecule has 0 aliphatic carbocycles. The van der Waals surface area contributed by atoms with Gasteiger partial charge in [-0.2, -0.15) is 0 Å². The van der Waals surface area contributed by atoms with Crippen molar-refractivity contribution < 1.29 is 13.2 Å². The van der Waals surface area contributed by atoms with E-state index in [-0.39, 0.29) is 16.6 Å². The lowest BCUT2D eigenvalue weighted by Crippen LogP contribution is -2.15. The SMILES string of the molecule is O=C(Nc1ccc(S(=O)(=O)Nc2ccccn2)cc1)c1cc2cccc(Cl)c2[nH]1. The van der Waals surface area contributed by atoms with Gasteiger partial charge in [0, 0.05) is 17.3 Å². The number of H-pyrrole nitrogens is 1. The number of amides is 1. The highest BCUT2D eigenvalue weighted by Gasteiger charge is 2.16. The first-order chi connectivity index (χ1) is 13.9. The molecule has 2 aromatic carbocycles. The zero-order valence-corrected chi connectivity index (χ0v) is 16.5. The molecule has 0 aliphatic heterocycles. The molecule has 3 N–H and O–H groups in total. The van der Waals surface area contributed by atoms with Crippen molar-refractivity contribution in [3.8, 4) is 0 Å². The number of nitrogens with one attached hydrogen (secondary N) is 3. The van der Waals surface area contributed by atoms with E-state index in [9.17, 15) is 13.2 Å². The molecule has 0 atom stereocenters. The van der Waals surface area contributed by atoms with Gasteiger partial charge in [0.2, 0.25) is 0 Å². The zero-order chi connectivity index (χ0) is 20.4. The van der Waals surface area contributed by atoms with E-state index in [4.69, 9.17) is 11.6 Å². The van der Waals surface area contributed by atoms with Crippen molar-refractivity contribution in [3.05, 3.63) is 83.6 Å². The molecule has 0 bridgehead atoms. The number of anilines is 2. The minimum absolute atomic E-state index is 0.0542. The van der Waals surface area contributed by atoms with Crippen LogP contribution in [0, 0.1) is 0 Å². The minimum Gasteiger partial charge on any atom is -0.349 e. The maximum atomic E-state index is 12.5. The summed E-state index contributed by atoms with van der Waals surface area (Å²) in [4.78, 5) is 19.5. The van der Waals surface area contributed by atoms with Crippen molar-refractivity contribution in [3.63, 3.8) is 0 Å². The Hall–Kier alpha value is -3.36. The topological polar surface area (TPSA) is 104 Å². The van der Waals surface area contributed by atoms with Gasteiger partial charge in [0.15, 0.2) is 0 Å². The van der Waals surface area contributed by atoms with Crippen LogP contribution in [0.2, 0.25) is 5.02 Å². The molecule has 4 rings (SSSR count). The van der Waals surface area contributed by atoms with Crippen LogP contribution in [0.15, 0.2) is 77.8 Å². The van der Waals surface area contributed by atoms with Crippen LogP contribution in [0.5, 0.6) is 0 Å². The number of sulfonamides is 1. The number of para-hydroxylation sites is 1. The minimum atomic E-state index is -3.78. The number of hydrogen-bond donors (Lipinski definition) is 3. The molecule has 0 fully saturated rings. The van der Waals surface area contributed by atoms with Gasteiger partial charge in [-0.3, -0.25) is 9.52 Å². The summed E-state index contributed by atoms with van der Waals surface area (Å²) >= 11 is 6.12. The van der Waals surface area contributed by atoms with Gasteiger partial charge in [-0.15, -0.1) is 0 Å². The Morgan fingerprint density at radius 3 is 2.48 bits per heavy atom. The number of aromatic amines is 1. The first-order valence-electron chi connectivity index (χ1n) is 8.55. The number of pyridine rings is 1. The molecule has 7 nitrogen and oxygen atoms in total. The molecule has 29 heavy (non-hydrogen) atoms. The van der Waals surface area contributed by atoms with Gasteiger partial charge in [0.1, 0.15) is 11.5 Å². The van der Waals surface area contributed by atoms with Crippen molar-refractivity contribution in [1.82, 2.24) is 9.97 Å². The van der Waals surface area contributed by atoms with Crippen LogP contribution in [0.3, 0.4) is 0 Å². The summed E-state index contributed by atoms with van der Waals surface area (Å²) in [6.07, 6.45) is 1.49. The molecule has 0 aliphatic rings. The van der Waals surface area contributed by atoms with Gasteiger partial charge in [-0.05, 0) is 48.5 Å². The normalized spacial score (nSPS) is 11.3. The van der Waals surface area contributed by atoms with Crippen LogP contribution < -0.4 is 10.0 Å². The third-order valence-electron chi connectivity index (χ3n) is 4.18. The van der Waals surface area contributed by atoms with Gasteiger partial charge < -0.3 is 10.3 Å². The summed E-state index contributed by atoms with van der Waals surface area (Å²) in [6.45, 7) is 0. The van der Waals surface area contributed by atoms with Crippen molar-refractivity contribution in [1.29, 1.82) is 0 Å². The van der Waals surface area contributed by atoms with E-state index < -0.39 is 10.0 Å². The molecular formula is C20H15ClN4O3S. The number of hydrogen-bond acceptors (Lipinski definition) is 4. The Labute approximate surface area is 171 Å². The molecule has 0 spiro atoms. The molecule has 1 amide bonds. The second-order valence-corrected chi connectivity index (χ2v) is 8.28. The lowest BCUT2D eigenvalue weighted by Gasteiger charge is -2.08. The van der Waals surface area contributed by atoms with Gasteiger partial charge >= 0.3 is 0 Å². The number of rotatable bonds is 5. The smallest absolute Gasteiger partial charge is 0.272 e. The third-order valence-corrected chi connectivity index (χ3v) is 5.86. The predicted molar refractivity (Wildman–Crippen MR) is 113 cm³/mol. The predicted octanol–water partition coefficient (Wildman–Crippen LogP) is 4.27. The highest BCUT2D eigenvalue weighted by molar-refractivity contribution is 7.92. The summed E-state index contributed by atoms with van der Waals surface area (Å²) in [5, 5.41) is 4.07. The van der Waals surface area contributed by atoms with Crippen LogP contribution in [0.1, 0.15) is 10.5 Å². The van der Waals surface area contributed by atoms with E-state index in [2.05, 4.69) is 20.0 Å². The molecule has 4 aromatic rings. The summed E-state index contributed by atoms with van der Waals surface area (Å²) < 4.78 is 27.3. The second-order valence-electron chi connectivity index (χ2n) is 6.19. The summed E-state index contributed by atoms with van der Waals surface area (Å²) in [7, 11) is -3.78. The Bertz CT molecular complexity index is 1290. The fourth-order valence-corrected chi connectivity index (χ4v) is 4.01. The largest absolute Gasteiger partial charge is 0.349 e. The fourth-order valence-electron chi connectivity index (χ4n) is 2.78. The van der Waals surface area contributed by atoms with Crippen molar-refractivity contribution in [2.75, 3.05) is 10.0 Å². The van der Waals surface area contributed by atoms with E-state index in [0.29, 0.717) is 21.9 Å². The van der Waals surface area contributed by atoms with E-state index in [0.717, 1.165) is 5.39 Å². The van der Waals surface area contributed by atoms with Crippen molar-refractivity contribution >= 4 is 49.9 Å². The monoisotopic (exact) mass is 426 g/mol. The number of fused-ring (bicyclic) bond motifs is 1. The summed E-state index contributed by atoms with van der Waals surface area (Å²) in [6, 6.07) is 17.9. The first kappa shape index (κ1) is 19.0. The molecule has 2 heterocycles. The number of carbonyl (C=O) groups excluding carboxylic acids is 1. The van der Waals surface area contributed by atoms with Crippen molar-refractivity contribution in [2.45, 2.75) is 4.90 Å². The highest BCUT2D eigenvalue weighted by atomic mass is 35.5. The molecule has 0 saturated heterocycles. The van der Waals surface area contributed by atoms with Gasteiger partial charge in [-0.1, -0.05) is 29.8 Å². The number of benzene rings is 2. The third kappa shape index (κ3) is 4.08. The molecule has 0 radical (unpaired) electrons. The second kappa shape index (κ2) is 7.57. The number of nitrogens with zero attached hydrogens (tertiary/aromatic N) is 1. The van der Waals surface area contributed by atoms with Gasteiger partial charge in [0.25, 0.3) is 15.9 Å². The summed E-state index contributed by atoms with van der Waals surface area (Å²) in [5.41, 5.74) is 1.49. The average molecular weight is 427 g/mol. The maximum Gasteiger partial charge on any atom is 0.272 e. The van der Waals surface area contributed by atoms with Crippen LogP contribution in [-0.2, 0) is 10.0 Å². The maximum absolute atomic E-state index is 12.5. The zero-order valence-electron chi connectivity index (χ0n) is 14.9. The van der Waals surface area contributed by atoms with E-state index in [1.165, 1.54) is 30.5 Å². The van der Waals surface area contributed by atoms with Gasteiger partial charge in [0.05, 0.1) is 15.4 Å². The van der Waals surface area contributed by atoms with Crippen LogP contribution in [0.25, 0.3) is 10.9 Å². The standard InChI is InChI=1S/C20H15ClN4O3S/c21-16-5-3-4-13-12-17(24-19(13)16)20(26)23-14-7-9-15(10-8-14)29(27,28)25-18-6-1-2-11-22-18/h1-12,24H,(H,22,25)(H,23,26). The van der Waals surface area contributed by atoms with Crippen molar-refractivity contribution in [2.24, 2.45) is 0 Å². The van der Waals surface area contributed by atoms with Crippen LogP contribution in [0.4, 0.5) is 11.5 Å². The van der Waals surface area contributed by atoms with Gasteiger partial charge in [-0.25, -0.2) is 13.4 Å². The number of halogens is 1. The molecule has 146 valence electrons. The van der Waals surface area contributed by atoms with Crippen LogP contribution in [-0.4, -0.2) is 24.3 Å². The Kier molecular flexibility index (Phi) is 4.96. The summed E-state index contributed by atoms with van der Waals surface area (Å²) in [5.74, 6) is -0.137. The first-order valence-corrected chi connectivity index (χ1v) is 10.4. The quantitative estimate of drug-likeness (QED) is 0.443. The molecule has 0 saturated carbocycles. The Morgan fingerprint density at radius 1 is 1.00 bits per heavy atom. The molecular weight excluding hydrogens is 412 g/mol. The Morgan fingerprint density at radius 2 is 1.79 bits per heavy atom. The van der Waals surface area contributed by atoms with Crippen LogP contribution >= 0.6 is 11.6 Å². The molecule has 9 heteroatoms. The van der Waals surface area contributed by atoms with E-state index in [1.807, 2.05) is 6.07 Å². The number of aromatic nitrogens is 2. The fraction of sp³-hybridized carbons (Fsp3) is 0. The molecule has 2 aromatic heterocycles. The number of carbonyl (C=O) groups is 1. The molecule has 0 unspecified atom stereocenters. The average Bonchev–Trinajstić information content (AvgIpc) is 3.15. The highest BCUT2D eigenvalue weighted by Crippen LogP contribution is 2.24. The lowest BCUT2D eigenvalue weighted by atomic mass is 10.2. The van der Waals surface area contributed by atoms with E-state index in [1.54, 1.807) is 36.4 Å². The Balaban J connectivity index is 1.50. The lowest BCUT2D eigenvalue weighted by molar-refractivity contribution is 0.102. The van der Waals surface area contributed by atoms with E-state index >= 15 is 0 Å².